The van der Waals surface area contributed by atoms with Crippen molar-refractivity contribution in [2.75, 3.05) is 0 Å². The normalized spacial score (nSPS) is 14.8. The van der Waals surface area contributed by atoms with Gasteiger partial charge < -0.3 is 0 Å². The first-order valence-corrected chi connectivity index (χ1v) is 4.12. The van der Waals surface area contributed by atoms with E-state index in [9.17, 15) is 8.78 Å². The lowest BCUT2D eigenvalue weighted by Gasteiger charge is -1.89. The molecule has 65 valence electrons. The topological polar surface area (TPSA) is 0 Å². The van der Waals surface area contributed by atoms with Gasteiger partial charge in [0.05, 0.1) is 6.08 Å². The van der Waals surface area contributed by atoms with Gasteiger partial charge >= 0.3 is 0 Å². The predicted molar refractivity (Wildman–Crippen MR) is 44.3 cm³/mol. The van der Waals surface area contributed by atoms with Crippen LogP contribution in [-0.4, -0.2) is 0 Å². The van der Waals surface area contributed by atoms with Gasteiger partial charge in [-0.2, -0.15) is 8.78 Å². The van der Waals surface area contributed by atoms with Crippen LogP contribution in [-0.2, 0) is 0 Å². The van der Waals surface area contributed by atoms with E-state index in [0.717, 1.165) is 25.2 Å². The van der Waals surface area contributed by atoms with Crippen LogP contribution >= 0.6 is 0 Å². The van der Waals surface area contributed by atoms with E-state index in [1.54, 1.807) is 0 Å². The molecular weight excluding hydrogens is 158 g/mol. The summed E-state index contributed by atoms with van der Waals surface area (Å²) in [6.45, 7) is 0. The zero-order chi connectivity index (χ0) is 8.81. The van der Waals surface area contributed by atoms with Crippen LogP contribution < -0.4 is 0 Å². The molecule has 1 atom stereocenters. The first kappa shape index (κ1) is 9.25. The molecule has 1 aliphatic carbocycles. The Balaban J connectivity index is 1.98. The van der Waals surface area contributed by atoms with Crippen molar-refractivity contribution in [3.05, 3.63) is 18.6 Å². The summed E-state index contributed by atoms with van der Waals surface area (Å²) >= 11 is 0. The minimum absolute atomic E-state index is 0.656. The van der Waals surface area contributed by atoms with Crippen LogP contribution in [0.5, 0.6) is 0 Å². The van der Waals surface area contributed by atoms with E-state index < -0.39 is 6.08 Å². The lowest BCUT2D eigenvalue weighted by molar-refractivity contribution is 0.422. The van der Waals surface area contributed by atoms with E-state index in [2.05, 4.69) is 18.3 Å². The SMILES string of the molecule is FC(F)=CC#CCCCC1[CH]C1. The molecule has 0 saturated heterocycles. The van der Waals surface area contributed by atoms with Gasteiger partial charge in [-0.1, -0.05) is 11.8 Å². The molecule has 1 aliphatic rings. The molecule has 1 radical (unpaired) electrons. The monoisotopic (exact) mass is 169 g/mol. The predicted octanol–water partition coefficient (Wildman–Crippen LogP) is 3.16. The van der Waals surface area contributed by atoms with E-state index >= 15 is 0 Å². The molecule has 1 fully saturated rings. The minimum Gasteiger partial charge on any atom is -0.173 e. The largest absolute Gasteiger partial charge is 0.278 e. The van der Waals surface area contributed by atoms with Gasteiger partial charge in [0.1, 0.15) is 0 Å². The zero-order valence-corrected chi connectivity index (χ0v) is 6.82. The standard InChI is InChI=1S/C10H11F2/c11-10(12)6-4-2-1-3-5-9-7-8-9/h6-7,9H,1,3,5,8H2. The van der Waals surface area contributed by atoms with Crippen LogP contribution in [0, 0.1) is 24.2 Å². The van der Waals surface area contributed by atoms with Gasteiger partial charge in [-0.3, -0.25) is 0 Å². The van der Waals surface area contributed by atoms with E-state index in [0.29, 0.717) is 6.08 Å². The first-order chi connectivity index (χ1) is 5.79. The van der Waals surface area contributed by atoms with Gasteiger partial charge in [0.25, 0.3) is 6.08 Å². The molecule has 0 nitrogen and oxygen atoms in total. The van der Waals surface area contributed by atoms with Gasteiger partial charge in [0, 0.05) is 6.42 Å². The third-order valence-corrected chi connectivity index (χ3v) is 1.73. The molecular formula is C10H11F2. The smallest absolute Gasteiger partial charge is 0.173 e. The number of rotatable bonds is 3. The average molecular weight is 169 g/mol. The lowest BCUT2D eigenvalue weighted by Crippen LogP contribution is -1.75. The van der Waals surface area contributed by atoms with Crippen molar-refractivity contribution in [3.8, 4) is 11.8 Å². The number of hydrogen-bond acceptors (Lipinski definition) is 0. The number of unbranched alkanes of at least 4 members (excludes halogenated alkanes) is 1. The molecule has 2 heteroatoms. The fourth-order valence-corrected chi connectivity index (χ4v) is 0.962. The molecule has 0 amide bonds. The summed E-state index contributed by atoms with van der Waals surface area (Å²) in [5.41, 5.74) is 0. The highest BCUT2D eigenvalue weighted by molar-refractivity contribution is 5.15. The zero-order valence-electron chi connectivity index (χ0n) is 6.82. The Morgan fingerprint density at radius 2 is 2.33 bits per heavy atom. The highest BCUT2D eigenvalue weighted by Gasteiger charge is 2.20. The summed E-state index contributed by atoms with van der Waals surface area (Å²) in [4.78, 5) is 0. The third kappa shape index (κ3) is 4.90. The van der Waals surface area contributed by atoms with Crippen LogP contribution in [0.15, 0.2) is 12.2 Å². The van der Waals surface area contributed by atoms with E-state index in [4.69, 9.17) is 0 Å². The molecule has 12 heavy (non-hydrogen) atoms. The summed E-state index contributed by atoms with van der Waals surface area (Å²) in [5.74, 6) is 5.78. The Hall–Kier alpha value is -0.840. The van der Waals surface area contributed by atoms with Crippen molar-refractivity contribution in [3.63, 3.8) is 0 Å². The van der Waals surface area contributed by atoms with Crippen molar-refractivity contribution < 1.29 is 8.78 Å². The Morgan fingerprint density at radius 3 is 2.92 bits per heavy atom. The van der Waals surface area contributed by atoms with Gasteiger partial charge in [-0.15, -0.1) is 0 Å². The van der Waals surface area contributed by atoms with Gasteiger partial charge in [-0.25, -0.2) is 0 Å². The molecule has 1 rings (SSSR count). The van der Waals surface area contributed by atoms with E-state index in [-0.39, 0.29) is 0 Å². The van der Waals surface area contributed by atoms with Gasteiger partial charge in [-0.05, 0) is 31.6 Å². The second kappa shape index (κ2) is 4.92. The molecule has 0 aromatic rings. The van der Waals surface area contributed by atoms with Crippen molar-refractivity contribution in [1.29, 1.82) is 0 Å². The van der Waals surface area contributed by atoms with Crippen LogP contribution in [0.1, 0.15) is 25.7 Å². The van der Waals surface area contributed by atoms with Gasteiger partial charge in [0.2, 0.25) is 0 Å². The number of allylic oxidation sites excluding steroid dienone is 1. The van der Waals surface area contributed by atoms with Crippen molar-refractivity contribution in [2.24, 2.45) is 5.92 Å². The summed E-state index contributed by atoms with van der Waals surface area (Å²) in [7, 11) is 0. The van der Waals surface area contributed by atoms with Crippen molar-refractivity contribution >= 4 is 0 Å². The molecule has 1 unspecified atom stereocenters. The highest BCUT2D eigenvalue weighted by Crippen LogP contribution is 2.32. The van der Waals surface area contributed by atoms with Crippen LogP contribution in [0.2, 0.25) is 0 Å². The van der Waals surface area contributed by atoms with Crippen LogP contribution in [0.3, 0.4) is 0 Å². The maximum absolute atomic E-state index is 11.4. The quantitative estimate of drug-likeness (QED) is 0.449. The Morgan fingerprint density at radius 1 is 1.58 bits per heavy atom. The lowest BCUT2D eigenvalue weighted by atomic mass is 10.2. The molecule has 1 saturated carbocycles. The van der Waals surface area contributed by atoms with Crippen molar-refractivity contribution in [2.45, 2.75) is 25.7 Å². The average Bonchev–Trinajstić information content (AvgIpc) is 2.79. The molecule has 0 aliphatic heterocycles. The fourth-order valence-electron chi connectivity index (χ4n) is 0.962. The second-order valence-corrected chi connectivity index (χ2v) is 2.88. The van der Waals surface area contributed by atoms with Crippen molar-refractivity contribution in [1.82, 2.24) is 0 Å². The maximum Gasteiger partial charge on any atom is 0.278 e. The molecule has 0 N–H and O–H groups in total. The van der Waals surface area contributed by atoms with Crippen LogP contribution in [0.25, 0.3) is 0 Å². The number of hydrogen-bond donors (Lipinski definition) is 0. The Kier molecular flexibility index (Phi) is 3.79. The second-order valence-electron chi connectivity index (χ2n) is 2.88. The summed E-state index contributed by atoms with van der Waals surface area (Å²) in [5, 5.41) is 0. The first-order valence-electron chi connectivity index (χ1n) is 4.12. The minimum atomic E-state index is -1.71. The molecule has 0 aromatic carbocycles. The van der Waals surface area contributed by atoms with E-state index in [1.807, 2.05) is 0 Å². The van der Waals surface area contributed by atoms with E-state index in [1.165, 1.54) is 6.42 Å². The van der Waals surface area contributed by atoms with Gasteiger partial charge in [0.15, 0.2) is 0 Å². The molecule has 0 spiro atoms. The summed E-state index contributed by atoms with van der Waals surface area (Å²) < 4.78 is 22.9. The fraction of sp³-hybridized carbons (Fsp3) is 0.500. The molecule has 0 aromatic heterocycles. The molecule has 0 bridgehead atoms. The maximum atomic E-state index is 11.4. The highest BCUT2D eigenvalue weighted by atomic mass is 19.3. The number of halogens is 2. The third-order valence-electron chi connectivity index (χ3n) is 1.73. The molecule has 0 heterocycles. The summed E-state index contributed by atoms with van der Waals surface area (Å²) in [6, 6.07) is 0. The van der Waals surface area contributed by atoms with Crippen LogP contribution in [0.4, 0.5) is 8.78 Å². The summed E-state index contributed by atoms with van der Waals surface area (Å²) in [6.07, 6.45) is 5.35. The Bertz CT molecular complexity index is 212. The Labute approximate surface area is 71.7 Å².